The van der Waals surface area contributed by atoms with Crippen LogP contribution in [-0.2, 0) is 27.8 Å². The van der Waals surface area contributed by atoms with Gasteiger partial charge in [0, 0.05) is 31.5 Å². The minimum Gasteiger partial charge on any atom is -0.376 e. The zero-order valence-electron chi connectivity index (χ0n) is 15.7. The van der Waals surface area contributed by atoms with Gasteiger partial charge in [-0.2, -0.15) is 4.31 Å². The van der Waals surface area contributed by atoms with Crippen LogP contribution in [0.3, 0.4) is 0 Å². The fourth-order valence-corrected chi connectivity index (χ4v) is 4.32. The molecule has 0 spiro atoms. The zero-order valence-corrected chi connectivity index (χ0v) is 16.5. The summed E-state index contributed by atoms with van der Waals surface area (Å²) in [5.41, 5.74) is 3.83. The van der Waals surface area contributed by atoms with Crippen molar-refractivity contribution < 1.29 is 13.2 Å². The van der Waals surface area contributed by atoms with Crippen molar-refractivity contribution in [2.24, 2.45) is 0 Å². The number of nitrogens with one attached hydrogen (secondary N) is 1. The third-order valence-electron chi connectivity index (χ3n) is 4.94. The number of amides is 1. The Hall–Kier alpha value is -2.38. The Morgan fingerprint density at radius 1 is 1.15 bits per heavy atom. The van der Waals surface area contributed by atoms with Crippen LogP contribution in [0.15, 0.2) is 48.5 Å². The fraction of sp³-hybridized carbons (Fsp3) is 0.350. The van der Waals surface area contributed by atoms with Crippen LogP contribution in [0.5, 0.6) is 0 Å². The number of nitrogens with zero attached hydrogens (tertiary/aromatic N) is 2. The van der Waals surface area contributed by atoms with Crippen molar-refractivity contribution in [3.05, 3.63) is 59.7 Å². The molecule has 0 fully saturated rings. The van der Waals surface area contributed by atoms with Gasteiger partial charge in [0.15, 0.2) is 0 Å². The van der Waals surface area contributed by atoms with Crippen LogP contribution in [0.4, 0.5) is 11.4 Å². The lowest BCUT2D eigenvalue weighted by atomic mass is 9.99. The predicted molar refractivity (Wildman–Crippen MR) is 108 cm³/mol. The molecular formula is C20H25N3O3S. The molecule has 144 valence electrons. The molecule has 0 aliphatic carbocycles. The number of hydrogen-bond donors (Lipinski definition) is 1. The van der Waals surface area contributed by atoms with Crippen LogP contribution in [0, 0.1) is 0 Å². The monoisotopic (exact) mass is 387 g/mol. The van der Waals surface area contributed by atoms with Crippen LogP contribution in [-0.4, -0.2) is 44.5 Å². The number of rotatable bonds is 6. The molecule has 0 saturated carbocycles. The van der Waals surface area contributed by atoms with Crippen LogP contribution < -0.4 is 10.2 Å². The topological polar surface area (TPSA) is 69.7 Å². The van der Waals surface area contributed by atoms with E-state index in [2.05, 4.69) is 5.32 Å². The van der Waals surface area contributed by atoms with Gasteiger partial charge in [-0.25, -0.2) is 8.42 Å². The molecule has 6 nitrogen and oxygen atoms in total. The maximum atomic E-state index is 12.5. The highest BCUT2D eigenvalue weighted by atomic mass is 32.2. The fourth-order valence-electron chi connectivity index (χ4n) is 3.25. The first-order valence-electron chi connectivity index (χ1n) is 9.06. The van der Waals surface area contributed by atoms with E-state index in [0.717, 1.165) is 22.5 Å². The van der Waals surface area contributed by atoms with Gasteiger partial charge in [0.1, 0.15) is 0 Å². The summed E-state index contributed by atoms with van der Waals surface area (Å²) in [6.07, 6.45) is 0.639. The van der Waals surface area contributed by atoms with Crippen molar-refractivity contribution in [2.45, 2.75) is 19.9 Å². The average Bonchev–Trinajstić information content (AvgIpc) is 2.71. The highest BCUT2D eigenvalue weighted by Gasteiger charge is 2.26. The van der Waals surface area contributed by atoms with Gasteiger partial charge in [0.2, 0.25) is 15.9 Å². The highest BCUT2D eigenvalue weighted by Crippen LogP contribution is 2.27. The Labute approximate surface area is 160 Å². The van der Waals surface area contributed by atoms with E-state index in [-0.39, 0.29) is 18.2 Å². The van der Waals surface area contributed by atoms with Gasteiger partial charge < -0.3 is 10.2 Å². The van der Waals surface area contributed by atoms with Gasteiger partial charge in [-0.3, -0.25) is 4.79 Å². The number of carbonyl (C=O) groups is 1. The molecule has 0 atom stereocenters. The molecule has 0 unspecified atom stereocenters. The first-order valence-corrected chi connectivity index (χ1v) is 10.7. The van der Waals surface area contributed by atoms with E-state index in [0.29, 0.717) is 19.5 Å². The molecule has 0 saturated heterocycles. The van der Waals surface area contributed by atoms with Crippen molar-refractivity contribution in [1.29, 1.82) is 0 Å². The summed E-state index contributed by atoms with van der Waals surface area (Å²) >= 11 is 0. The Morgan fingerprint density at radius 3 is 2.59 bits per heavy atom. The van der Waals surface area contributed by atoms with Gasteiger partial charge in [-0.1, -0.05) is 30.3 Å². The van der Waals surface area contributed by atoms with Gasteiger partial charge in [0.05, 0.1) is 12.3 Å². The van der Waals surface area contributed by atoms with Gasteiger partial charge in [-0.05, 0) is 42.7 Å². The van der Waals surface area contributed by atoms with Crippen LogP contribution >= 0.6 is 0 Å². The number of anilines is 2. The maximum Gasteiger partial charge on any atom is 0.246 e. The van der Waals surface area contributed by atoms with Gasteiger partial charge in [0.25, 0.3) is 0 Å². The number of para-hydroxylation sites is 1. The van der Waals surface area contributed by atoms with Gasteiger partial charge >= 0.3 is 0 Å². The molecule has 0 bridgehead atoms. The minimum atomic E-state index is -3.19. The summed E-state index contributed by atoms with van der Waals surface area (Å²) in [6.45, 7) is 2.70. The Morgan fingerprint density at radius 2 is 1.89 bits per heavy atom. The van der Waals surface area contributed by atoms with E-state index in [9.17, 15) is 13.2 Å². The molecule has 1 N–H and O–H groups in total. The number of hydrogen-bond acceptors (Lipinski definition) is 4. The molecule has 1 heterocycles. The number of carbonyl (C=O) groups excluding carboxylic acids is 1. The Bertz CT molecular complexity index is 913. The lowest BCUT2D eigenvalue weighted by Gasteiger charge is -2.29. The quantitative estimate of drug-likeness (QED) is 0.827. The number of fused-ring (bicyclic) bond motifs is 1. The van der Waals surface area contributed by atoms with Crippen molar-refractivity contribution in [1.82, 2.24) is 4.31 Å². The van der Waals surface area contributed by atoms with E-state index in [4.69, 9.17) is 0 Å². The standard InChI is InChI=1S/C20H25N3O3S/c1-3-27(25,26)23-13-12-18-16(15-23)8-7-11-19(18)21-14-20(24)22(2)17-9-5-4-6-10-17/h4-11,21H,3,12-15H2,1-2H3. The molecule has 2 aromatic carbocycles. The second kappa shape index (κ2) is 8.10. The summed E-state index contributed by atoms with van der Waals surface area (Å²) in [4.78, 5) is 14.1. The van der Waals surface area contributed by atoms with Crippen molar-refractivity contribution in [2.75, 3.05) is 36.1 Å². The second-order valence-electron chi connectivity index (χ2n) is 6.57. The molecule has 1 aliphatic heterocycles. The maximum absolute atomic E-state index is 12.5. The van der Waals surface area contributed by atoms with Crippen LogP contribution in [0.25, 0.3) is 0 Å². The Kier molecular flexibility index (Phi) is 5.82. The summed E-state index contributed by atoms with van der Waals surface area (Å²) in [5.74, 6) is 0.0745. The number of sulfonamides is 1. The normalized spacial score (nSPS) is 14.4. The summed E-state index contributed by atoms with van der Waals surface area (Å²) in [5, 5.41) is 3.23. The highest BCUT2D eigenvalue weighted by molar-refractivity contribution is 7.89. The average molecular weight is 388 g/mol. The zero-order chi connectivity index (χ0) is 19.4. The van der Waals surface area contributed by atoms with Crippen LogP contribution in [0.2, 0.25) is 0 Å². The van der Waals surface area contributed by atoms with E-state index in [1.807, 2.05) is 48.5 Å². The smallest absolute Gasteiger partial charge is 0.246 e. The number of likely N-dealkylation sites (N-methyl/N-ethyl adjacent to an activating group) is 1. The largest absolute Gasteiger partial charge is 0.376 e. The third-order valence-corrected chi connectivity index (χ3v) is 6.76. The molecule has 2 aromatic rings. The molecule has 1 aliphatic rings. The first kappa shape index (κ1) is 19.4. The molecule has 0 aromatic heterocycles. The van der Waals surface area contributed by atoms with E-state index in [1.54, 1.807) is 18.9 Å². The number of benzene rings is 2. The molecule has 1 amide bonds. The molecular weight excluding hydrogens is 362 g/mol. The second-order valence-corrected chi connectivity index (χ2v) is 8.83. The first-order chi connectivity index (χ1) is 12.9. The predicted octanol–water partition coefficient (Wildman–Crippen LogP) is 2.47. The van der Waals surface area contributed by atoms with Gasteiger partial charge in [-0.15, -0.1) is 0 Å². The summed E-state index contributed by atoms with van der Waals surface area (Å²) in [7, 11) is -1.44. The van der Waals surface area contributed by atoms with E-state index < -0.39 is 10.0 Å². The molecule has 27 heavy (non-hydrogen) atoms. The van der Waals surface area contributed by atoms with Crippen LogP contribution in [0.1, 0.15) is 18.1 Å². The van der Waals surface area contributed by atoms with E-state index in [1.165, 1.54) is 4.31 Å². The molecule has 0 radical (unpaired) electrons. The molecule has 7 heteroatoms. The lowest BCUT2D eigenvalue weighted by Crippen LogP contribution is -2.37. The van der Waals surface area contributed by atoms with Crippen molar-refractivity contribution in [3.63, 3.8) is 0 Å². The lowest BCUT2D eigenvalue weighted by molar-refractivity contribution is -0.116. The summed E-state index contributed by atoms with van der Waals surface area (Å²) in [6, 6.07) is 15.3. The Balaban J connectivity index is 1.69. The van der Waals surface area contributed by atoms with E-state index >= 15 is 0 Å². The van der Waals surface area contributed by atoms with Crippen molar-refractivity contribution in [3.8, 4) is 0 Å². The van der Waals surface area contributed by atoms with Crippen molar-refractivity contribution >= 4 is 27.3 Å². The summed E-state index contributed by atoms with van der Waals surface area (Å²) < 4.78 is 25.8. The molecule has 3 rings (SSSR count). The minimum absolute atomic E-state index is 0.0372. The SMILES string of the molecule is CCS(=O)(=O)N1CCc2c(cccc2NCC(=O)N(C)c2ccccc2)C1. The third kappa shape index (κ3) is 4.31.